The molecule has 6 heteroatoms. The highest BCUT2D eigenvalue weighted by molar-refractivity contribution is 6.00. The number of aliphatic carboxylic acids is 1. The first-order valence-corrected chi connectivity index (χ1v) is 11.3. The van der Waals surface area contributed by atoms with E-state index in [-0.39, 0.29) is 17.9 Å². The van der Waals surface area contributed by atoms with E-state index in [1.807, 2.05) is 13.1 Å². The van der Waals surface area contributed by atoms with Gasteiger partial charge in [-0.3, -0.25) is 9.78 Å². The van der Waals surface area contributed by atoms with Crippen LogP contribution in [0.25, 0.3) is 21.9 Å². The van der Waals surface area contributed by atoms with E-state index >= 15 is 0 Å². The maximum Gasteiger partial charge on any atom is 0.306 e. The molecule has 1 aliphatic carbocycles. The van der Waals surface area contributed by atoms with Crippen molar-refractivity contribution in [3.63, 3.8) is 0 Å². The van der Waals surface area contributed by atoms with Crippen LogP contribution in [0, 0.1) is 19.8 Å². The van der Waals surface area contributed by atoms with Crippen LogP contribution in [0.3, 0.4) is 0 Å². The average molecular weight is 433 g/mol. The van der Waals surface area contributed by atoms with Gasteiger partial charge in [0.05, 0.1) is 11.6 Å². The number of pyridine rings is 2. The summed E-state index contributed by atoms with van der Waals surface area (Å²) in [5.41, 5.74) is 5.40. The lowest BCUT2D eigenvalue weighted by Crippen LogP contribution is -2.38. The molecular weight excluding hydrogens is 404 g/mol. The third-order valence-electron chi connectivity index (χ3n) is 6.67. The lowest BCUT2D eigenvalue weighted by molar-refractivity contribution is -0.148. The molecule has 6 nitrogen and oxygen atoms in total. The second-order valence-electron chi connectivity index (χ2n) is 9.05. The van der Waals surface area contributed by atoms with Gasteiger partial charge in [-0.2, -0.15) is 0 Å². The van der Waals surface area contributed by atoms with Crippen molar-refractivity contribution in [1.82, 2.24) is 9.97 Å². The predicted molar refractivity (Wildman–Crippen MR) is 122 cm³/mol. The van der Waals surface area contributed by atoms with E-state index in [9.17, 15) is 9.90 Å². The number of aryl methyl sites for hydroxylation is 2. The van der Waals surface area contributed by atoms with Gasteiger partial charge >= 0.3 is 5.97 Å². The van der Waals surface area contributed by atoms with Crippen molar-refractivity contribution in [2.45, 2.75) is 51.6 Å². The maximum absolute atomic E-state index is 11.2. The Bertz CT molecular complexity index is 1160. The van der Waals surface area contributed by atoms with Gasteiger partial charge in [-0.1, -0.05) is 17.7 Å². The third kappa shape index (κ3) is 3.95. The van der Waals surface area contributed by atoms with Crippen molar-refractivity contribution in [1.29, 1.82) is 0 Å². The number of carbonyl (C=O) groups is 1. The Hall–Kier alpha value is -2.99. The minimum Gasteiger partial charge on any atom is -0.481 e. The van der Waals surface area contributed by atoms with Gasteiger partial charge in [-0.15, -0.1) is 0 Å². The molecule has 0 unspecified atom stereocenters. The number of fused-ring (bicyclic) bond motifs is 1. The summed E-state index contributed by atoms with van der Waals surface area (Å²) >= 11 is 0. The Labute approximate surface area is 187 Å². The SMILES string of the molecule is Cc1ccc2c(-c3ccnc(C)c3)c(C3CCOCC3)nc(O[C@H]3C[C@H](C(=O)O)C3)c2c1. The monoisotopic (exact) mass is 432 g/mol. The zero-order valence-electron chi connectivity index (χ0n) is 18.5. The smallest absolute Gasteiger partial charge is 0.306 e. The molecule has 0 spiro atoms. The molecule has 2 aliphatic rings. The summed E-state index contributed by atoms with van der Waals surface area (Å²) in [6.07, 6.45) is 4.65. The first kappa shape index (κ1) is 20.9. The Morgan fingerprint density at radius 1 is 1.09 bits per heavy atom. The second kappa shape index (κ2) is 8.51. The summed E-state index contributed by atoms with van der Waals surface area (Å²) in [4.78, 5) is 20.7. The molecule has 3 aromatic rings. The number of hydrogen-bond donors (Lipinski definition) is 1. The molecule has 0 atom stereocenters. The minimum atomic E-state index is -0.746. The first-order valence-electron chi connectivity index (χ1n) is 11.3. The van der Waals surface area contributed by atoms with E-state index in [0.717, 1.165) is 64.9 Å². The highest BCUT2D eigenvalue weighted by Crippen LogP contribution is 2.43. The van der Waals surface area contributed by atoms with Gasteiger partial charge in [0, 0.05) is 42.0 Å². The number of ether oxygens (including phenoxy) is 2. The summed E-state index contributed by atoms with van der Waals surface area (Å²) < 4.78 is 11.9. The molecule has 32 heavy (non-hydrogen) atoms. The molecule has 166 valence electrons. The Morgan fingerprint density at radius 3 is 2.59 bits per heavy atom. The number of rotatable bonds is 5. The molecule has 0 amide bonds. The van der Waals surface area contributed by atoms with Crippen molar-refractivity contribution in [3.8, 4) is 17.0 Å². The zero-order valence-corrected chi connectivity index (χ0v) is 18.5. The predicted octanol–water partition coefficient (Wildman–Crippen LogP) is 5.05. The van der Waals surface area contributed by atoms with Crippen molar-refractivity contribution in [2.75, 3.05) is 13.2 Å². The van der Waals surface area contributed by atoms with Gasteiger partial charge in [-0.25, -0.2) is 4.98 Å². The standard InChI is InChI=1S/C26H28N2O4/c1-15-3-4-21-22(11-15)25(32-20-13-19(14-20)26(29)30)28-24(17-6-9-31-10-7-17)23(21)18-5-8-27-16(2)12-18/h3-5,8,11-12,17,19-20H,6-7,9-10,13-14H2,1-2H3,(H,29,30)/t19-,20-. The minimum absolute atomic E-state index is 0.108. The van der Waals surface area contributed by atoms with Crippen molar-refractivity contribution in [2.24, 2.45) is 5.92 Å². The van der Waals surface area contributed by atoms with Crippen LogP contribution in [-0.2, 0) is 9.53 Å². The molecule has 2 fully saturated rings. The molecule has 3 heterocycles. The molecule has 1 aliphatic heterocycles. The van der Waals surface area contributed by atoms with E-state index in [4.69, 9.17) is 14.5 Å². The van der Waals surface area contributed by atoms with Crippen LogP contribution < -0.4 is 4.74 Å². The molecule has 1 aromatic carbocycles. The van der Waals surface area contributed by atoms with Crippen LogP contribution >= 0.6 is 0 Å². The molecule has 0 bridgehead atoms. The molecule has 1 saturated carbocycles. The highest BCUT2D eigenvalue weighted by atomic mass is 16.5. The van der Waals surface area contributed by atoms with Crippen LogP contribution in [0.2, 0.25) is 0 Å². The molecule has 1 N–H and O–H groups in total. The van der Waals surface area contributed by atoms with Gasteiger partial charge in [-0.05, 0) is 68.7 Å². The highest BCUT2D eigenvalue weighted by Gasteiger charge is 2.37. The fourth-order valence-electron chi connectivity index (χ4n) is 4.80. The number of benzene rings is 1. The summed E-state index contributed by atoms with van der Waals surface area (Å²) in [6, 6.07) is 10.6. The van der Waals surface area contributed by atoms with E-state index in [2.05, 4.69) is 42.2 Å². The molecule has 5 rings (SSSR count). The van der Waals surface area contributed by atoms with Crippen molar-refractivity contribution in [3.05, 3.63) is 53.5 Å². The van der Waals surface area contributed by atoms with Gasteiger partial charge in [0.1, 0.15) is 6.10 Å². The number of nitrogens with zero attached hydrogens (tertiary/aromatic N) is 2. The molecule has 0 radical (unpaired) electrons. The lowest BCUT2D eigenvalue weighted by atomic mass is 9.82. The van der Waals surface area contributed by atoms with Gasteiger partial charge in [0.25, 0.3) is 0 Å². The van der Waals surface area contributed by atoms with Crippen LogP contribution in [-0.4, -0.2) is 40.4 Å². The Balaban J connectivity index is 1.66. The topological polar surface area (TPSA) is 81.5 Å². The average Bonchev–Trinajstić information content (AvgIpc) is 2.75. The Morgan fingerprint density at radius 2 is 1.88 bits per heavy atom. The largest absolute Gasteiger partial charge is 0.481 e. The normalized spacial score (nSPS) is 21.3. The second-order valence-corrected chi connectivity index (χ2v) is 9.05. The summed E-state index contributed by atoms with van der Waals surface area (Å²) in [5, 5.41) is 11.3. The first-order chi connectivity index (χ1) is 15.5. The number of carboxylic acids is 1. The summed E-state index contributed by atoms with van der Waals surface area (Å²) in [7, 11) is 0. The van der Waals surface area contributed by atoms with Gasteiger partial charge in [0.2, 0.25) is 5.88 Å². The summed E-state index contributed by atoms with van der Waals surface area (Å²) in [5.74, 6) is -0.158. The van der Waals surface area contributed by atoms with Crippen LogP contribution in [0.15, 0.2) is 36.5 Å². The lowest BCUT2D eigenvalue weighted by Gasteiger charge is -2.33. The van der Waals surface area contributed by atoms with Crippen molar-refractivity contribution >= 4 is 16.7 Å². The Kier molecular flexibility index (Phi) is 5.55. The van der Waals surface area contributed by atoms with Gasteiger partial charge < -0.3 is 14.6 Å². The molecular formula is C26H28N2O4. The number of carboxylic acid groups (broad SMARTS) is 1. The molecule has 1 saturated heterocycles. The maximum atomic E-state index is 11.2. The fourth-order valence-corrected chi connectivity index (χ4v) is 4.80. The van der Waals surface area contributed by atoms with Crippen molar-refractivity contribution < 1.29 is 19.4 Å². The quantitative estimate of drug-likeness (QED) is 0.608. The number of hydrogen-bond acceptors (Lipinski definition) is 5. The third-order valence-corrected chi connectivity index (χ3v) is 6.67. The van der Waals surface area contributed by atoms with E-state index < -0.39 is 5.97 Å². The number of aromatic nitrogens is 2. The van der Waals surface area contributed by atoms with E-state index in [1.165, 1.54) is 0 Å². The van der Waals surface area contributed by atoms with Crippen LogP contribution in [0.1, 0.15) is 48.6 Å². The van der Waals surface area contributed by atoms with E-state index in [1.54, 1.807) is 0 Å². The zero-order chi connectivity index (χ0) is 22.2. The van der Waals surface area contributed by atoms with Crippen LogP contribution in [0.4, 0.5) is 0 Å². The van der Waals surface area contributed by atoms with E-state index in [0.29, 0.717) is 18.7 Å². The fraction of sp³-hybridized carbons (Fsp3) is 0.423. The molecule has 2 aromatic heterocycles. The van der Waals surface area contributed by atoms with Gasteiger partial charge in [0.15, 0.2) is 0 Å². The van der Waals surface area contributed by atoms with Crippen LogP contribution in [0.5, 0.6) is 5.88 Å². The summed E-state index contributed by atoms with van der Waals surface area (Å²) in [6.45, 7) is 5.53.